The van der Waals surface area contributed by atoms with Gasteiger partial charge in [0.05, 0.1) is 22.6 Å². The van der Waals surface area contributed by atoms with Gasteiger partial charge in [0.25, 0.3) is 11.8 Å². The average Bonchev–Trinajstić information content (AvgIpc) is 3.24. The zero-order chi connectivity index (χ0) is 20.3. The van der Waals surface area contributed by atoms with Crippen LogP contribution in [0.25, 0.3) is 11.5 Å². The largest absolute Gasteiger partial charge is 0.466 e. The molecule has 0 atom stereocenters. The lowest BCUT2D eigenvalue weighted by molar-refractivity contribution is -0.145. The SMILES string of the molecule is Cc1ccc(S(=O)(=O)CCC(=O)OCc2nnc(-c3cc(C)oc3C)o2)cc1. The molecular weight excluding hydrogens is 384 g/mol. The first kappa shape index (κ1) is 19.8. The molecule has 0 aliphatic heterocycles. The van der Waals surface area contributed by atoms with E-state index in [9.17, 15) is 13.2 Å². The summed E-state index contributed by atoms with van der Waals surface area (Å²) in [7, 11) is -3.55. The summed E-state index contributed by atoms with van der Waals surface area (Å²) in [4.78, 5) is 12.1. The highest BCUT2D eigenvalue weighted by Crippen LogP contribution is 2.25. The van der Waals surface area contributed by atoms with Crippen molar-refractivity contribution in [1.29, 1.82) is 0 Å². The number of carbonyl (C=O) groups is 1. The van der Waals surface area contributed by atoms with Crippen LogP contribution in [0.1, 0.15) is 29.4 Å². The molecule has 0 bridgehead atoms. The Morgan fingerprint density at radius 1 is 1.07 bits per heavy atom. The molecular formula is C19H20N2O6S. The Labute approximate surface area is 162 Å². The molecule has 8 nitrogen and oxygen atoms in total. The lowest BCUT2D eigenvalue weighted by atomic mass is 10.2. The third-order valence-corrected chi connectivity index (χ3v) is 5.78. The molecule has 0 unspecified atom stereocenters. The number of aryl methyl sites for hydroxylation is 3. The van der Waals surface area contributed by atoms with Crippen LogP contribution in [0.5, 0.6) is 0 Å². The van der Waals surface area contributed by atoms with Crippen molar-refractivity contribution in [3.05, 3.63) is 53.3 Å². The molecule has 0 N–H and O–H groups in total. The summed E-state index contributed by atoms with van der Waals surface area (Å²) in [5.74, 6) is 0.743. The van der Waals surface area contributed by atoms with Crippen LogP contribution in [0, 0.1) is 20.8 Å². The first-order valence-corrected chi connectivity index (χ1v) is 10.2. The van der Waals surface area contributed by atoms with E-state index >= 15 is 0 Å². The molecule has 2 aromatic heterocycles. The summed E-state index contributed by atoms with van der Waals surface area (Å²) in [6, 6.07) is 8.24. The Hall–Kier alpha value is -2.94. The lowest BCUT2D eigenvalue weighted by Crippen LogP contribution is -2.13. The Balaban J connectivity index is 1.53. The van der Waals surface area contributed by atoms with E-state index in [-0.39, 0.29) is 35.5 Å². The van der Waals surface area contributed by atoms with Crippen molar-refractivity contribution >= 4 is 15.8 Å². The van der Waals surface area contributed by atoms with Gasteiger partial charge in [-0.25, -0.2) is 8.42 Å². The van der Waals surface area contributed by atoms with E-state index in [4.69, 9.17) is 13.6 Å². The summed E-state index contributed by atoms with van der Waals surface area (Å²) >= 11 is 0. The van der Waals surface area contributed by atoms with Crippen LogP contribution in [-0.4, -0.2) is 30.3 Å². The number of nitrogens with zero attached hydrogens (tertiary/aromatic N) is 2. The molecule has 2 heterocycles. The third-order valence-electron chi connectivity index (χ3n) is 4.05. The average molecular weight is 404 g/mol. The molecule has 0 fully saturated rings. The van der Waals surface area contributed by atoms with E-state index in [0.29, 0.717) is 17.1 Å². The second-order valence-corrected chi connectivity index (χ2v) is 8.48. The van der Waals surface area contributed by atoms with Crippen molar-refractivity contribution < 1.29 is 26.8 Å². The van der Waals surface area contributed by atoms with Crippen LogP contribution in [0.15, 0.2) is 44.1 Å². The van der Waals surface area contributed by atoms with Crippen LogP contribution in [0.4, 0.5) is 0 Å². The molecule has 0 saturated carbocycles. The number of esters is 1. The number of aromatic nitrogens is 2. The molecule has 9 heteroatoms. The second kappa shape index (κ2) is 7.97. The number of sulfone groups is 1. The number of carbonyl (C=O) groups excluding carboxylic acids is 1. The highest BCUT2D eigenvalue weighted by molar-refractivity contribution is 7.91. The predicted octanol–water partition coefficient (Wildman–Crippen LogP) is 3.16. The van der Waals surface area contributed by atoms with E-state index in [1.807, 2.05) is 6.92 Å². The van der Waals surface area contributed by atoms with Gasteiger partial charge in [0.1, 0.15) is 11.5 Å². The summed E-state index contributed by atoms with van der Waals surface area (Å²) in [6.07, 6.45) is -0.267. The summed E-state index contributed by atoms with van der Waals surface area (Å²) in [5.41, 5.74) is 1.63. The first-order valence-electron chi connectivity index (χ1n) is 8.59. The first-order chi connectivity index (χ1) is 13.2. The molecule has 0 radical (unpaired) electrons. The van der Waals surface area contributed by atoms with Crippen molar-refractivity contribution in [1.82, 2.24) is 10.2 Å². The van der Waals surface area contributed by atoms with Gasteiger partial charge >= 0.3 is 5.97 Å². The number of rotatable bonds is 7. The highest BCUT2D eigenvalue weighted by atomic mass is 32.2. The quantitative estimate of drug-likeness (QED) is 0.552. The van der Waals surface area contributed by atoms with Gasteiger partial charge in [0, 0.05) is 0 Å². The fraction of sp³-hybridized carbons (Fsp3) is 0.316. The van der Waals surface area contributed by atoms with E-state index in [2.05, 4.69) is 10.2 Å². The minimum Gasteiger partial charge on any atom is -0.466 e. The van der Waals surface area contributed by atoms with Crippen molar-refractivity contribution in [2.24, 2.45) is 0 Å². The standard InChI is InChI=1S/C19H20N2O6S/c1-12-4-6-15(7-5-12)28(23,24)9-8-18(22)25-11-17-20-21-19(27-17)16-10-13(2)26-14(16)3/h4-7,10H,8-9,11H2,1-3H3. The van der Waals surface area contributed by atoms with Crippen LogP contribution >= 0.6 is 0 Å². The molecule has 0 saturated heterocycles. The van der Waals surface area contributed by atoms with Gasteiger partial charge in [-0.05, 0) is 39.0 Å². The maximum atomic E-state index is 12.3. The summed E-state index contributed by atoms with van der Waals surface area (Å²) < 4.78 is 40.4. The van der Waals surface area contributed by atoms with Crippen molar-refractivity contribution in [3.63, 3.8) is 0 Å². The molecule has 3 rings (SSSR count). The minimum absolute atomic E-state index is 0.114. The Kier molecular flexibility index (Phi) is 5.64. The van der Waals surface area contributed by atoms with Crippen LogP contribution < -0.4 is 0 Å². The Bertz CT molecular complexity index is 1080. The molecule has 0 spiro atoms. The molecule has 148 valence electrons. The maximum Gasteiger partial charge on any atom is 0.307 e. The van der Waals surface area contributed by atoms with Crippen LogP contribution in [0.3, 0.4) is 0 Å². The topological polar surface area (TPSA) is 112 Å². The molecule has 0 aliphatic carbocycles. The van der Waals surface area contributed by atoms with Crippen LogP contribution in [-0.2, 0) is 26.0 Å². The molecule has 0 aliphatic rings. The number of benzene rings is 1. The fourth-order valence-corrected chi connectivity index (χ4v) is 3.78. The third kappa shape index (κ3) is 4.66. The normalized spacial score (nSPS) is 11.5. The molecule has 3 aromatic rings. The fourth-order valence-electron chi connectivity index (χ4n) is 2.56. The van der Waals surface area contributed by atoms with Gasteiger partial charge in [-0.2, -0.15) is 0 Å². The van der Waals surface area contributed by atoms with E-state index in [1.165, 1.54) is 12.1 Å². The Morgan fingerprint density at radius 3 is 2.43 bits per heavy atom. The van der Waals surface area contributed by atoms with Crippen molar-refractivity contribution in [2.45, 2.75) is 38.7 Å². The smallest absolute Gasteiger partial charge is 0.307 e. The zero-order valence-electron chi connectivity index (χ0n) is 15.8. The zero-order valence-corrected chi connectivity index (χ0v) is 16.6. The predicted molar refractivity (Wildman–Crippen MR) is 99.1 cm³/mol. The van der Waals surface area contributed by atoms with Crippen molar-refractivity contribution in [3.8, 4) is 11.5 Å². The monoisotopic (exact) mass is 404 g/mol. The Morgan fingerprint density at radius 2 is 1.79 bits per heavy atom. The number of hydrogen-bond donors (Lipinski definition) is 0. The molecule has 0 amide bonds. The van der Waals surface area contributed by atoms with E-state index < -0.39 is 15.8 Å². The van der Waals surface area contributed by atoms with Gasteiger partial charge in [-0.3, -0.25) is 4.79 Å². The lowest BCUT2D eigenvalue weighted by Gasteiger charge is -2.05. The molecule has 28 heavy (non-hydrogen) atoms. The maximum absolute atomic E-state index is 12.3. The number of hydrogen-bond acceptors (Lipinski definition) is 8. The van der Waals surface area contributed by atoms with E-state index in [0.717, 1.165) is 5.56 Å². The van der Waals surface area contributed by atoms with Crippen molar-refractivity contribution in [2.75, 3.05) is 5.75 Å². The second-order valence-electron chi connectivity index (χ2n) is 6.37. The van der Waals surface area contributed by atoms with Gasteiger partial charge < -0.3 is 13.6 Å². The van der Waals surface area contributed by atoms with E-state index in [1.54, 1.807) is 32.0 Å². The van der Waals surface area contributed by atoms with Gasteiger partial charge in [-0.1, -0.05) is 17.7 Å². The molecule has 1 aromatic carbocycles. The van der Waals surface area contributed by atoms with Gasteiger partial charge in [-0.15, -0.1) is 10.2 Å². The number of furan rings is 1. The van der Waals surface area contributed by atoms with Crippen LogP contribution in [0.2, 0.25) is 0 Å². The summed E-state index contributed by atoms with van der Waals surface area (Å²) in [5, 5.41) is 7.73. The van der Waals surface area contributed by atoms with Gasteiger partial charge in [0.15, 0.2) is 16.4 Å². The number of ether oxygens (including phenoxy) is 1. The minimum atomic E-state index is -3.55. The van der Waals surface area contributed by atoms with Gasteiger partial charge in [0.2, 0.25) is 0 Å². The highest BCUT2D eigenvalue weighted by Gasteiger charge is 2.19. The summed E-state index contributed by atoms with van der Waals surface area (Å²) in [6.45, 7) is 5.22.